The van der Waals surface area contributed by atoms with E-state index < -0.39 is 23.1 Å². The lowest BCUT2D eigenvalue weighted by Crippen LogP contribution is -2.05. The summed E-state index contributed by atoms with van der Waals surface area (Å²) < 4.78 is 39.8. The summed E-state index contributed by atoms with van der Waals surface area (Å²) >= 11 is 5.97. The van der Waals surface area contributed by atoms with Crippen LogP contribution in [0.25, 0.3) is 0 Å². The van der Waals surface area contributed by atoms with E-state index in [1.807, 2.05) is 0 Å². The SMILES string of the molecule is CCCCc1nc(Cl)c(CNc2c(F)cc(F)cc2F)[nH]1. The molecule has 0 aliphatic carbocycles. The maximum Gasteiger partial charge on any atom is 0.152 e. The highest BCUT2D eigenvalue weighted by atomic mass is 35.5. The smallest absolute Gasteiger partial charge is 0.152 e. The summed E-state index contributed by atoms with van der Waals surface area (Å²) in [5, 5.41) is 2.82. The Bertz CT molecular complexity index is 605. The number of hydrogen-bond acceptors (Lipinski definition) is 2. The molecule has 0 fully saturated rings. The first kappa shape index (κ1) is 15.7. The largest absolute Gasteiger partial charge is 0.375 e. The Morgan fingerprint density at radius 3 is 2.52 bits per heavy atom. The Kier molecular flexibility index (Phi) is 5.12. The van der Waals surface area contributed by atoms with Gasteiger partial charge < -0.3 is 10.3 Å². The van der Waals surface area contributed by atoms with Crippen LogP contribution in [0.2, 0.25) is 5.15 Å². The average Bonchev–Trinajstić information content (AvgIpc) is 2.76. The van der Waals surface area contributed by atoms with Crippen molar-refractivity contribution in [3.63, 3.8) is 0 Å². The van der Waals surface area contributed by atoms with E-state index in [-0.39, 0.29) is 11.7 Å². The molecule has 0 unspecified atom stereocenters. The maximum absolute atomic E-state index is 13.5. The molecular formula is C14H15ClF3N3. The molecule has 1 aromatic carbocycles. The third kappa shape index (κ3) is 3.91. The van der Waals surface area contributed by atoms with Crippen LogP contribution in [-0.2, 0) is 13.0 Å². The van der Waals surface area contributed by atoms with Crippen LogP contribution in [0.3, 0.4) is 0 Å². The van der Waals surface area contributed by atoms with Crippen LogP contribution >= 0.6 is 11.6 Å². The first-order valence-electron chi connectivity index (χ1n) is 6.63. The van der Waals surface area contributed by atoms with Gasteiger partial charge in [0.2, 0.25) is 0 Å². The standard InChI is InChI=1S/C14H15ClF3N3/c1-2-3-4-12-20-11(14(15)21-12)7-19-13-9(17)5-8(16)6-10(13)18/h5-6,19H,2-4,7H2,1H3,(H,20,21). The van der Waals surface area contributed by atoms with Crippen LogP contribution < -0.4 is 5.32 Å². The Labute approximate surface area is 125 Å². The number of benzene rings is 1. The number of anilines is 1. The van der Waals surface area contributed by atoms with E-state index in [0.717, 1.165) is 25.1 Å². The summed E-state index contributed by atoms with van der Waals surface area (Å²) in [5.41, 5.74) is 0.142. The van der Waals surface area contributed by atoms with Gasteiger partial charge in [-0.15, -0.1) is 0 Å². The summed E-state index contributed by atoms with van der Waals surface area (Å²) in [6.45, 7) is 2.13. The van der Waals surface area contributed by atoms with Gasteiger partial charge in [-0.2, -0.15) is 0 Å². The molecule has 0 atom stereocenters. The second-order valence-electron chi connectivity index (χ2n) is 4.65. The minimum Gasteiger partial charge on any atom is -0.375 e. The number of nitrogens with one attached hydrogen (secondary N) is 2. The van der Waals surface area contributed by atoms with Crippen molar-refractivity contribution in [2.24, 2.45) is 0 Å². The van der Waals surface area contributed by atoms with Gasteiger partial charge in [0.15, 0.2) is 16.8 Å². The van der Waals surface area contributed by atoms with Crippen molar-refractivity contribution in [1.29, 1.82) is 0 Å². The summed E-state index contributed by atoms with van der Waals surface area (Å²) in [7, 11) is 0. The molecule has 0 spiro atoms. The van der Waals surface area contributed by atoms with E-state index in [4.69, 9.17) is 11.6 Å². The van der Waals surface area contributed by atoms with E-state index in [2.05, 4.69) is 22.2 Å². The van der Waals surface area contributed by atoms with Crippen LogP contribution in [0.15, 0.2) is 12.1 Å². The lowest BCUT2D eigenvalue weighted by atomic mass is 10.2. The minimum absolute atomic E-state index is 0.0669. The molecule has 2 rings (SSSR count). The Balaban J connectivity index is 2.08. The van der Waals surface area contributed by atoms with Crippen molar-refractivity contribution >= 4 is 17.3 Å². The van der Waals surface area contributed by atoms with Gasteiger partial charge in [-0.25, -0.2) is 18.2 Å². The number of aryl methyl sites for hydroxylation is 1. The molecule has 2 N–H and O–H groups in total. The van der Waals surface area contributed by atoms with Gasteiger partial charge in [-0.1, -0.05) is 24.9 Å². The number of aromatic amines is 1. The van der Waals surface area contributed by atoms with E-state index in [1.165, 1.54) is 0 Å². The first-order chi connectivity index (χ1) is 10.0. The van der Waals surface area contributed by atoms with Gasteiger partial charge in [0.25, 0.3) is 0 Å². The minimum atomic E-state index is -0.991. The molecule has 0 aliphatic heterocycles. The highest BCUT2D eigenvalue weighted by molar-refractivity contribution is 6.30. The van der Waals surface area contributed by atoms with E-state index in [9.17, 15) is 13.2 Å². The van der Waals surface area contributed by atoms with Crippen LogP contribution in [0, 0.1) is 17.5 Å². The van der Waals surface area contributed by atoms with Gasteiger partial charge in [0.05, 0.1) is 12.2 Å². The van der Waals surface area contributed by atoms with Gasteiger partial charge in [-0.3, -0.25) is 0 Å². The summed E-state index contributed by atoms with van der Waals surface area (Å²) in [6, 6.07) is 1.24. The molecule has 114 valence electrons. The first-order valence-corrected chi connectivity index (χ1v) is 7.00. The number of H-pyrrole nitrogens is 1. The number of nitrogens with zero attached hydrogens (tertiary/aromatic N) is 1. The number of imidazole rings is 1. The molecule has 3 nitrogen and oxygen atoms in total. The predicted molar refractivity (Wildman–Crippen MR) is 75.9 cm³/mol. The molecule has 1 aromatic heterocycles. The number of aromatic nitrogens is 2. The Hall–Kier alpha value is -1.69. The number of unbranched alkanes of at least 4 members (excludes halogenated alkanes) is 1. The van der Waals surface area contributed by atoms with E-state index in [1.54, 1.807) is 0 Å². The summed E-state index contributed by atoms with van der Waals surface area (Å²) in [5.74, 6) is -2.21. The van der Waals surface area contributed by atoms with Crippen LogP contribution in [0.5, 0.6) is 0 Å². The molecule has 2 aromatic rings. The second-order valence-corrected chi connectivity index (χ2v) is 5.01. The fourth-order valence-electron chi connectivity index (χ4n) is 1.91. The Morgan fingerprint density at radius 2 is 1.90 bits per heavy atom. The molecule has 0 bridgehead atoms. The van der Waals surface area contributed by atoms with Gasteiger partial charge in [-0.05, 0) is 6.42 Å². The maximum atomic E-state index is 13.5. The quantitative estimate of drug-likeness (QED) is 0.827. The Morgan fingerprint density at radius 1 is 1.24 bits per heavy atom. The molecule has 0 saturated carbocycles. The van der Waals surface area contributed by atoms with Gasteiger partial charge in [0.1, 0.15) is 17.3 Å². The lowest BCUT2D eigenvalue weighted by Gasteiger charge is -2.08. The van der Waals surface area contributed by atoms with Crippen LogP contribution in [-0.4, -0.2) is 9.97 Å². The van der Waals surface area contributed by atoms with E-state index >= 15 is 0 Å². The highest BCUT2D eigenvalue weighted by Crippen LogP contribution is 2.22. The fraction of sp³-hybridized carbons (Fsp3) is 0.357. The van der Waals surface area contributed by atoms with E-state index in [0.29, 0.717) is 17.8 Å². The van der Waals surface area contributed by atoms with Crippen molar-refractivity contribution < 1.29 is 13.2 Å². The van der Waals surface area contributed by atoms with Gasteiger partial charge >= 0.3 is 0 Å². The third-order valence-corrected chi connectivity index (χ3v) is 3.31. The normalized spacial score (nSPS) is 10.9. The molecule has 7 heteroatoms. The second kappa shape index (κ2) is 6.85. The molecule has 0 amide bonds. The van der Waals surface area contributed by atoms with Crippen molar-refractivity contribution in [1.82, 2.24) is 9.97 Å². The molecule has 21 heavy (non-hydrogen) atoms. The van der Waals surface area contributed by atoms with Crippen molar-refractivity contribution in [3.8, 4) is 0 Å². The fourth-order valence-corrected chi connectivity index (χ4v) is 2.12. The number of hydrogen-bond donors (Lipinski definition) is 2. The zero-order chi connectivity index (χ0) is 15.4. The number of halogens is 4. The average molecular weight is 318 g/mol. The number of rotatable bonds is 6. The monoisotopic (exact) mass is 317 g/mol. The lowest BCUT2D eigenvalue weighted by molar-refractivity contribution is 0.547. The summed E-state index contributed by atoms with van der Waals surface area (Å²) in [6.07, 6.45) is 2.76. The molecule has 0 radical (unpaired) electrons. The molecule has 0 aliphatic rings. The van der Waals surface area contributed by atoms with Crippen molar-refractivity contribution in [2.45, 2.75) is 32.7 Å². The topological polar surface area (TPSA) is 40.7 Å². The van der Waals surface area contributed by atoms with Crippen LogP contribution in [0.1, 0.15) is 31.3 Å². The molecule has 1 heterocycles. The highest BCUT2D eigenvalue weighted by Gasteiger charge is 2.13. The molecular weight excluding hydrogens is 303 g/mol. The summed E-state index contributed by atoms with van der Waals surface area (Å²) in [4.78, 5) is 7.15. The zero-order valence-corrected chi connectivity index (χ0v) is 12.2. The zero-order valence-electron chi connectivity index (χ0n) is 11.4. The molecule has 0 saturated heterocycles. The predicted octanol–water partition coefficient (Wildman–Crippen LogP) is 4.44. The van der Waals surface area contributed by atoms with Crippen LogP contribution in [0.4, 0.5) is 18.9 Å². The van der Waals surface area contributed by atoms with Crippen molar-refractivity contribution in [3.05, 3.63) is 46.3 Å². The third-order valence-electron chi connectivity index (χ3n) is 2.99. The van der Waals surface area contributed by atoms with Crippen molar-refractivity contribution in [2.75, 3.05) is 5.32 Å². The van der Waals surface area contributed by atoms with Gasteiger partial charge in [0, 0.05) is 18.6 Å².